The van der Waals surface area contributed by atoms with E-state index in [0.717, 1.165) is 24.6 Å². The van der Waals surface area contributed by atoms with E-state index in [-0.39, 0.29) is 11.1 Å². The molecule has 0 bridgehead atoms. The van der Waals surface area contributed by atoms with Crippen LogP contribution >= 0.6 is 0 Å². The van der Waals surface area contributed by atoms with Gasteiger partial charge in [0.15, 0.2) is 5.03 Å². The fourth-order valence-electron chi connectivity index (χ4n) is 3.25. The summed E-state index contributed by atoms with van der Waals surface area (Å²) in [5.74, 6) is -0.602. The molecule has 24 heavy (non-hydrogen) atoms. The SMILES string of the molecule is C[C@H]1CCCC[C@H]1NC(=O)CS(=O)(=O)c1ccc2ccccc2n1. The van der Waals surface area contributed by atoms with Crippen molar-refractivity contribution in [1.29, 1.82) is 0 Å². The Kier molecular flexibility index (Phi) is 4.85. The van der Waals surface area contributed by atoms with Crippen LogP contribution in [0, 0.1) is 5.92 Å². The number of nitrogens with one attached hydrogen (secondary N) is 1. The first kappa shape index (κ1) is 16.9. The predicted octanol–water partition coefficient (Wildman–Crippen LogP) is 2.70. The second-order valence-electron chi connectivity index (χ2n) is 6.54. The van der Waals surface area contributed by atoms with Crippen LogP contribution < -0.4 is 5.32 Å². The standard InChI is InChI=1S/C18H22N2O3S/c1-13-6-2-4-8-15(13)19-17(21)12-24(22,23)18-11-10-14-7-3-5-9-16(14)20-18/h3,5,7,9-11,13,15H,2,4,6,8,12H2,1H3,(H,19,21)/t13-,15+/m0/s1. The number of aromatic nitrogens is 1. The number of sulfone groups is 1. The second kappa shape index (κ2) is 6.89. The third-order valence-corrected chi connectivity index (χ3v) is 6.18. The maximum atomic E-state index is 12.5. The molecule has 128 valence electrons. The molecule has 1 aromatic carbocycles. The molecule has 1 aliphatic rings. The molecule has 1 saturated carbocycles. The molecule has 1 aliphatic carbocycles. The average Bonchev–Trinajstić information content (AvgIpc) is 2.56. The number of carbonyl (C=O) groups excluding carboxylic acids is 1. The van der Waals surface area contributed by atoms with Gasteiger partial charge in [0.2, 0.25) is 15.7 Å². The lowest BCUT2D eigenvalue weighted by molar-refractivity contribution is -0.119. The van der Waals surface area contributed by atoms with Gasteiger partial charge in [-0.2, -0.15) is 0 Å². The summed E-state index contributed by atoms with van der Waals surface area (Å²) in [6.07, 6.45) is 4.24. The maximum absolute atomic E-state index is 12.5. The van der Waals surface area contributed by atoms with Gasteiger partial charge >= 0.3 is 0 Å². The van der Waals surface area contributed by atoms with E-state index in [0.29, 0.717) is 11.4 Å². The summed E-state index contributed by atoms with van der Waals surface area (Å²) in [4.78, 5) is 16.4. The summed E-state index contributed by atoms with van der Waals surface area (Å²) < 4.78 is 25.0. The largest absolute Gasteiger partial charge is 0.352 e. The van der Waals surface area contributed by atoms with Gasteiger partial charge in [-0.3, -0.25) is 4.79 Å². The summed E-state index contributed by atoms with van der Waals surface area (Å²) in [7, 11) is -3.74. The summed E-state index contributed by atoms with van der Waals surface area (Å²) in [6, 6.07) is 10.6. The Hall–Kier alpha value is -1.95. The predicted molar refractivity (Wildman–Crippen MR) is 93.4 cm³/mol. The van der Waals surface area contributed by atoms with Crippen molar-refractivity contribution in [3.63, 3.8) is 0 Å². The fourth-order valence-corrected chi connectivity index (χ4v) is 4.34. The topological polar surface area (TPSA) is 76.1 Å². The second-order valence-corrected chi connectivity index (χ2v) is 8.47. The molecule has 2 aromatic rings. The first-order chi connectivity index (χ1) is 11.5. The molecule has 1 heterocycles. The Morgan fingerprint density at radius 1 is 1.17 bits per heavy atom. The van der Waals surface area contributed by atoms with Crippen LogP contribution in [-0.4, -0.2) is 31.1 Å². The van der Waals surface area contributed by atoms with E-state index in [9.17, 15) is 13.2 Å². The molecule has 1 N–H and O–H groups in total. The van der Waals surface area contributed by atoms with E-state index in [1.807, 2.05) is 18.2 Å². The van der Waals surface area contributed by atoms with Gasteiger partial charge < -0.3 is 5.32 Å². The third kappa shape index (κ3) is 3.75. The van der Waals surface area contributed by atoms with Crippen molar-refractivity contribution in [3.05, 3.63) is 36.4 Å². The molecular weight excluding hydrogens is 324 g/mol. The van der Waals surface area contributed by atoms with Crippen molar-refractivity contribution < 1.29 is 13.2 Å². The number of hydrogen-bond donors (Lipinski definition) is 1. The Morgan fingerprint density at radius 2 is 1.92 bits per heavy atom. The summed E-state index contributed by atoms with van der Waals surface area (Å²) in [5.41, 5.74) is 0.611. The van der Waals surface area contributed by atoms with Crippen LogP contribution in [0.2, 0.25) is 0 Å². The highest BCUT2D eigenvalue weighted by molar-refractivity contribution is 7.92. The van der Waals surface area contributed by atoms with Crippen molar-refractivity contribution in [2.45, 2.75) is 43.7 Å². The van der Waals surface area contributed by atoms with E-state index >= 15 is 0 Å². The van der Waals surface area contributed by atoms with Crippen LogP contribution in [0.1, 0.15) is 32.6 Å². The van der Waals surface area contributed by atoms with Crippen LogP contribution in [0.25, 0.3) is 10.9 Å². The number of nitrogens with zero attached hydrogens (tertiary/aromatic N) is 1. The van der Waals surface area contributed by atoms with Crippen LogP contribution in [0.3, 0.4) is 0 Å². The van der Waals surface area contributed by atoms with Gasteiger partial charge in [0, 0.05) is 11.4 Å². The molecule has 1 amide bonds. The number of amides is 1. The van der Waals surface area contributed by atoms with Crippen LogP contribution in [-0.2, 0) is 14.6 Å². The number of para-hydroxylation sites is 1. The maximum Gasteiger partial charge on any atom is 0.235 e. The van der Waals surface area contributed by atoms with Crippen LogP contribution in [0.4, 0.5) is 0 Å². The van der Waals surface area contributed by atoms with Crippen LogP contribution in [0.15, 0.2) is 41.4 Å². The third-order valence-electron chi connectivity index (χ3n) is 4.67. The summed E-state index contributed by atoms with van der Waals surface area (Å²) in [6.45, 7) is 2.10. The molecule has 0 radical (unpaired) electrons. The quantitative estimate of drug-likeness (QED) is 0.923. The fraction of sp³-hybridized carbons (Fsp3) is 0.444. The van der Waals surface area contributed by atoms with Gasteiger partial charge in [-0.15, -0.1) is 0 Å². The van der Waals surface area contributed by atoms with Gasteiger partial charge in [-0.25, -0.2) is 13.4 Å². The zero-order valence-corrected chi connectivity index (χ0v) is 14.6. The van der Waals surface area contributed by atoms with Gasteiger partial charge in [-0.05, 0) is 37.0 Å². The number of fused-ring (bicyclic) bond motifs is 1. The molecule has 0 aliphatic heterocycles. The zero-order chi connectivity index (χ0) is 17.2. The molecule has 3 rings (SSSR count). The molecule has 1 fully saturated rings. The lowest BCUT2D eigenvalue weighted by atomic mass is 9.86. The molecule has 2 atom stereocenters. The van der Waals surface area contributed by atoms with Gasteiger partial charge in [0.05, 0.1) is 5.52 Å². The van der Waals surface area contributed by atoms with Crippen molar-refractivity contribution in [3.8, 4) is 0 Å². The van der Waals surface area contributed by atoms with Crippen molar-refractivity contribution in [2.75, 3.05) is 5.75 Å². The number of rotatable bonds is 4. The monoisotopic (exact) mass is 346 g/mol. The van der Waals surface area contributed by atoms with Gasteiger partial charge in [0.1, 0.15) is 5.75 Å². The van der Waals surface area contributed by atoms with E-state index in [4.69, 9.17) is 0 Å². The van der Waals surface area contributed by atoms with Crippen molar-refractivity contribution in [2.24, 2.45) is 5.92 Å². The molecular formula is C18H22N2O3S. The van der Waals surface area contributed by atoms with Crippen LogP contribution in [0.5, 0.6) is 0 Å². The normalized spacial score (nSPS) is 21.5. The molecule has 0 spiro atoms. The highest BCUT2D eigenvalue weighted by Crippen LogP contribution is 2.24. The highest BCUT2D eigenvalue weighted by Gasteiger charge is 2.26. The smallest absolute Gasteiger partial charge is 0.235 e. The first-order valence-corrected chi connectivity index (χ1v) is 9.99. The minimum Gasteiger partial charge on any atom is -0.352 e. The highest BCUT2D eigenvalue weighted by atomic mass is 32.2. The summed E-state index contributed by atoms with van der Waals surface area (Å²) in [5, 5.41) is 3.71. The zero-order valence-electron chi connectivity index (χ0n) is 13.7. The minimum absolute atomic E-state index is 0.0481. The molecule has 0 unspecified atom stereocenters. The number of benzene rings is 1. The van der Waals surface area contributed by atoms with E-state index in [1.165, 1.54) is 12.5 Å². The molecule has 0 saturated heterocycles. The average molecular weight is 346 g/mol. The Bertz CT molecular complexity index is 848. The molecule has 1 aromatic heterocycles. The van der Waals surface area contributed by atoms with E-state index in [2.05, 4.69) is 17.2 Å². The lowest BCUT2D eigenvalue weighted by Crippen LogP contribution is -2.43. The lowest BCUT2D eigenvalue weighted by Gasteiger charge is -2.29. The number of pyridine rings is 1. The van der Waals surface area contributed by atoms with E-state index in [1.54, 1.807) is 12.1 Å². The van der Waals surface area contributed by atoms with Crippen molar-refractivity contribution >= 4 is 26.6 Å². The number of carbonyl (C=O) groups is 1. The minimum atomic E-state index is -3.74. The van der Waals surface area contributed by atoms with E-state index < -0.39 is 21.5 Å². The van der Waals surface area contributed by atoms with Crippen molar-refractivity contribution in [1.82, 2.24) is 10.3 Å². The van der Waals surface area contributed by atoms with Gasteiger partial charge in [-0.1, -0.05) is 38.0 Å². The Morgan fingerprint density at radius 3 is 2.71 bits per heavy atom. The number of hydrogen-bond acceptors (Lipinski definition) is 4. The Balaban J connectivity index is 1.73. The Labute approximate surface area is 142 Å². The summed E-state index contributed by atoms with van der Waals surface area (Å²) >= 11 is 0. The molecule has 6 heteroatoms. The van der Waals surface area contributed by atoms with Gasteiger partial charge in [0.25, 0.3) is 0 Å². The molecule has 5 nitrogen and oxygen atoms in total. The first-order valence-electron chi connectivity index (χ1n) is 8.33.